The molecule has 4 rings (SSSR count). The van der Waals surface area contributed by atoms with Crippen LogP contribution in [-0.2, 0) is 11.2 Å². The van der Waals surface area contributed by atoms with E-state index in [0.717, 1.165) is 47.8 Å². The number of phenols is 1. The van der Waals surface area contributed by atoms with Gasteiger partial charge in [0.15, 0.2) is 0 Å². The first-order valence-electron chi connectivity index (χ1n) is 11.6. The molecule has 1 aliphatic carbocycles. The summed E-state index contributed by atoms with van der Waals surface area (Å²) < 4.78 is 11.8. The van der Waals surface area contributed by atoms with E-state index in [1.165, 1.54) is 44.1 Å². The summed E-state index contributed by atoms with van der Waals surface area (Å²) in [6.45, 7) is 7.91. The van der Waals surface area contributed by atoms with Crippen LogP contribution in [0.5, 0.6) is 11.5 Å². The van der Waals surface area contributed by atoms with Crippen molar-refractivity contribution in [2.24, 2.45) is 5.92 Å². The molecular formula is C25H36N2O3. The third-order valence-electron chi connectivity index (χ3n) is 7.00. The summed E-state index contributed by atoms with van der Waals surface area (Å²) in [6, 6.07) is 4.26. The van der Waals surface area contributed by atoms with Crippen LogP contribution in [0.15, 0.2) is 17.7 Å². The van der Waals surface area contributed by atoms with Crippen LogP contribution in [0.4, 0.5) is 0 Å². The maximum atomic E-state index is 11.0. The Labute approximate surface area is 180 Å². The summed E-state index contributed by atoms with van der Waals surface area (Å²) in [7, 11) is 0. The highest BCUT2D eigenvalue weighted by Gasteiger charge is 2.39. The van der Waals surface area contributed by atoms with Crippen LogP contribution in [0.3, 0.4) is 0 Å². The molecule has 0 unspecified atom stereocenters. The Kier molecular flexibility index (Phi) is 5.99. The summed E-state index contributed by atoms with van der Waals surface area (Å²) >= 11 is 0. The molecule has 3 aliphatic rings. The number of aryl methyl sites for hydroxylation is 1. The summed E-state index contributed by atoms with van der Waals surface area (Å²) in [5.74, 6) is 1.98. The number of phenolic OH excluding ortho intramolecular Hbond substituents is 1. The van der Waals surface area contributed by atoms with Gasteiger partial charge in [0.25, 0.3) is 6.02 Å². The molecule has 0 amide bonds. The predicted octanol–water partition coefficient (Wildman–Crippen LogP) is 5.51. The number of ether oxygens (including phenoxy) is 2. The Morgan fingerprint density at radius 3 is 2.80 bits per heavy atom. The molecule has 0 spiro atoms. The van der Waals surface area contributed by atoms with Crippen LogP contribution < -0.4 is 4.74 Å². The van der Waals surface area contributed by atoms with Crippen molar-refractivity contribution in [2.75, 3.05) is 19.7 Å². The average Bonchev–Trinajstić information content (AvgIpc) is 3.20. The number of hydrogen-bond acceptors (Lipinski definition) is 4. The van der Waals surface area contributed by atoms with Gasteiger partial charge in [-0.05, 0) is 74.8 Å². The topological polar surface area (TPSA) is 65.8 Å². The van der Waals surface area contributed by atoms with E-state index in [2.05, 4.69) is 19.9 Å². The van der Waals surface area contributed by atoms with Gasteiger partial charge >= 0.3 is 0 Å². The largest absolute Gasteiger partial charge is 0.507 e. The van der Waals surface area contributed by atoms with E-state index in [0.29, 0.717) is 18.9 Å². The van der Waals surface area contributed by atoms with Crippen molar-refractivity contribution in [3.63, 3.8) is 0 Å². The number of benzene rings is 1. The maximum absolute atomic E-state index is 11.0. The van der Waals surface area contributed by atoms with Gasteiger partial charge in [-0.1, -0.05) is 32.1 Å². The van der Waals surface area contributed by atoms with Gasteiger partial charge < -0.3 is 19.5 Å². The first-order valence-corrected chi connectivity index (χ1v) is 11.6. The minimum Gasteiger partial charge on any atom is -0.507 e. The lowest BCUT2D eigenvalue weighted by Crippen LogP contribution is -2.44. The van der Waals surface area contributed by atoms with E-state index in [9.17, 15) is 5.11 Å². The standard InChI is InChI=1S/C25H36N2O3/c1-4-29-24(26)27-13-12-20-19(16-27)23-21(28)14-18(15-22(23)30-25(20,2)3)11-7-10-17-8-5-6-9-17/h14-15,17,26,28H,4-13,16H2,1-3H3. The SMILES string of the molecule is CCOC(=N)N1CCC2=C(C1)c1c(O)cc(CCCC3CCCC3)cc1OC2(C)C. The molecule has 30 heavy (non-hydrogen) atoms. The Balaban J connectivity index is 1.56. The second-order valence-corrected chi connectivity index (χ2v) is 9.51. The summed E-state index contributed by atoms with van der Waals surface area (Å²) in [4.78, 5) is 1.95. The van der Waals surface area contributed by atoms with Gasteiger partial charge in [0, 0.05) is 13.1 Å². The Bertz CT molecular complexity index is 837. The number of nitrogens with one attached hydrogen (secondary N) is 1. The van der Waals surface area contributed by atoms with Gasteiger partial charge in [-0.2, -0.15) is 0 Å². The number of fused-ring (bicyclic) bond motifs is 2. The van der Waals surface area contributed by atoms with E-state index < -0.39 is 5.60 Å². The van der Waals surface area contributed by atoms with Crippen molar-refractivity contribution < 1.29 is 14.6 Å². The van der Waals surface area contributed by atoms with Crippen LogP contribution in [-0.4, -0.2) is 41.3 Å². The molecule has 1 fully saturated rings. The molecule has 5 nitrogen and oxygen atoms in total. The van der Waals surface area contributed by atoms with E-state index in [-0.39, 0.29) is 6.02 Å². The second kappa shape index (κ2) is 8.52. The Morgan fingerprint density at radius 2 is 2.07 bits per heavy atom. The number of hydrogen-bond donors (Lipinski definition) is 2. The van der Waals surface area contributed by atoms with Crippen LogP contribution in [0, 0.1) is 11.3 Å². The highest BCUT2D eigenvalue weighted by atomic mass is 16.5. The van der Waals surface area contributed by atoms with Gasteiger partial charge in [0.05, 0.1) is 12.2 Å². The van der Waals surface area contributed by atoms with Crippen molar-refractivity contribution in [2.45, 2.75) is 77.7 Å². The van der Waals surface area contributed by atoms with Gasteiger partial charge in [-0.15, -0.1) is 0 Å². The molecule has 2 aliphatic heterocycles. The minimum atomic E-state index is -0.406. The van der Waals surface area contributed by atoms with Gasteiger partial charge in [0.2, 0.25) is 0 Å². The molecule has 5 heteroatoms. The smallest absolute Gasteiger partial charge is 0.284 e. The van der Waals surface area contributed by atoms with Crippen LogP contribution in [0.2, 0.25) is 0 Å². The molecule has 2 N–H and O–H groups in total. The van der Waals surface area contributed by atoms with Gasteiger partial charge in [0.1, 0.15) is 17.1 Å². The number of aromatic hydroxyl groups is 1. The predicted molar refractivity (Wildman–Crippen MR) is 120 cm³/mol. The monoisotopic (exact) mass is 412 g/mol. The quantitative estimate of drug-likeness (QED) is 0.495. The minimum absolute atomic E-state index is 0.206. The zero-order valence-corrected chi connectivity index (χ0v) is 18.7. The summed E-state index contributed by atoms with van der Waals surface area (Å²) in [6.07, 6.45) is 9.79. The van der Waals surface area contributed by atoms with Crippen molar-refractivity contribution in [3.8, 4) is 11.5 Å². The summed E-state index contributed by atoms with van der Waals surface area (Å²) in [5, 5.41) is 19.2. The molecule has 0 saturated heterocycles. The highest BCUT2D eigenvalue weighted by molar-refractivity contribution is 5.85. The molecule has 0 bridgehead atoms. The molecule has 164 valence electrons. The fourth-order valence-electron chi connectivity index (χ4n) is 5.47. The van der Waals surface area contributed by atoms with Crippen molar-refractivity contribution in [1.29, 1.82) is 5.41 Å². The number of nitrogens with zero attached hydrogens (tertiary/aromatic N) is 1. The van der Waals surface area contributed by atoms with Crippen molar-refractivity contribution >= 4 is 11.6 Å². The summed E-state index contributed by atoms with van der Waals surface area (Å²) in [5.41, 5.74) is 3.86. The van der Waals surface area contributed by atoms with Crippen LogP contribution in [0.1, 0.15) is 76.8 Å². The highest BCUT2D eigenvalue weighted by Crippen LogP contribution is 2.48. The lowest BCUT2D eigenvalue weighted by atomic mass is 9.81. The molecular weight excluding hydrogens is 376 g/mol. The first-order chi connectivity index (χ1) is 14.4. The van der Waals surface area contributed by atoms with Gasteiger partial charge in [-0.3, -0.25) is 5.41 Å². The van der Waals surface area contributed by atoms with Crippen molar-refractivity contribution in [1.82, 2.24) is 4.90 Å². The molecule has 1 saturated carbocycles. The van der Waals surface area contributed by atoms with Gasteiger partial charge in [-0.25, -0.2) is 0 Å². The average molecular weight is 413 g/mol. The lowest BCUT2D eigenvalue weighted by Gasteiger charge is -2.42. The molecule has 0 radical (unpaired) electrons. The van der Waals surface area contributed by atoms with E-state index in [4.69, 9.17) is 14.9 Å². The van der Waals surface area contributed by atoms with Crippen molar-refractivity contribution in [3.05, 3.63) is 28.8 Å². The molecule has 1 aromatic rings. The molecule has 0 atom stereocenters. The fraction of sp³-hybridized carbons (Fsp3) is 0.640. The lowest BCUT2D eigenvalue weighted by molar-refractivity contribution is 0.132. The van der Waals surface area contributed by atoms with E-state index >= 15 is 0 Å². The molecule has 0 aromatic heterocycles. The van der Waals surface area contributed by atoms with E-state index in [1.807, 2.05) is 17.9 Å². The molecule has 1 aromatic carbocycles. The number of amidine groups is 1. The third-order valence-corrected chi connectivity index (χ3v) is 7.00. The normalized spacial score (nSPS) is 20.6. The third kappa shape index (κ3) is 4.17. The maximum Gasteiger partial charge on any atom is 0.284 e. The fourth-order valence-corrected chi connectivity index (χ4v) is 5.47. The Morgan fingerprint density at radius 1 is 1.30 bits per heavy atom. The second-order valence-electron chi connectivity index (χ2n) is 9.51. The van der Waals surface area contributed by atoms with Crippen LogP contribution in [0.25, 0.3) is 5.57 Å². The first kappa shape index (κ1) is 21.1. The zero-order valence-electron chi connectivity index (χ0n) is 18.7. The van der Waals surface area contributed by atoms with Crippen LogP contribution >= 0.6 is 0 Å². The Hall–Kier alpha value is -2.17. The number of rotatable bonds is 5. The molecule has 2 heterocycles. The zero-order chi connectivity index (χ0) is 21.3. The van der Waals surface area contributed by atoms with E-state index in [1.54, 1.807) is 0 Å².